The monoisotopic (exact) mass is 576 g/mol. The molecule has 0 aromatic rings. The van der Waals surface area contributed by atoms with Crippen molar-refractivity contribution in [2.75, 3.05) is 13.2 Å². The van der Waals surface area contributed by atoms with Gasteiger partial charge in [0.2, 0.25) is 5.78 Å². The van der Waals surface area contributed by atoms with Crippen molar-refractivity contribution >= 4 is 57.6 Å². The standard InChI is InChI=1S/C13H21NO5.2HI.V/c1-10(2)19-13(16)17-8-12(15)9-18-14-11-6-4-3-5-7-11;;;/h10H,3-9H2,1-2H3;2*1H;/q;;;+2/p-2. The number of Topliss-reactive ketones (excluding diaryl/α,β-unsaturated/α-hetero) is 1. The summed E-state index contributed by atoms with van der Waals surface area (Å²) >= 11 is 4.74. The fourth-order valence-corrected chi connectivity index (χ4v) is 1.65. The van der Waals surface area contributed by atoms with E-state index in [0.29, 0.717) is 9.47 Å². The molecule has 6 nitrogen and oxygen atoms in total. The van der Waals surface area contributed by atoms with Gasteiger partial charge in [-0.25, -0.2) is 4.79 Å². The van der Waals surface area contributed by atoms with Gasteiger partial charge in [0.05, 0.1) is 11.8 Å². The van der Waals surface area contributed by atoms with Crippen LogP contribution in [0.25, 0.3) is 0 Å². The van der Waals surface area contributed by atoms with Gasteiger partial charge >= 0.3 is 55.6 Å². The Morgan fingerprint density at radius 1 is 1.18 bits per heavy atom. The average molecular weight is 576 g/mol. The van der Waals surface area contributed by atoms with E-state index in [9.17, 15) is 9.59 Å². The Kier molecular flexibility index (Phi) is 15.3. The second kappa shape index (κ2) is 15.0. The number of ketones is 1. The normalized spacial score (nSPS) is 13.6. The molecule has 1 saturated carbocycles. The molecule has 0 spiro atoms. The first-order valence-corrected chi connectivity index (χ1v) is 16.0. The van der Waals surface area contributed by atoms with Gasteiger partial charge in [0.15, 0.2) is 13.2 Å². The van der Waals surface area contributed by atoms with Crippen LogP contribution in [0.15, 0.2) is 5.16 Å². The van der Waals surface area contributed by atoms with Crippen LogP contribution in [-0.2, 0) is 28.6 Å². The van der Waals surface area contributed by atoms with Crippen LogP contribution in [0.4, 0.5) is 4.79 Å². The predicted octanol–water partition coefficient (Wildman–Crippen LogP) is 4.22. The van der Waals surface area contributed by atoms with E-state index in [-0.39, 0.29) is 25.1 Å². The average Bonchev–Trinajstić information content (AvgIpc) is 2.46. The summed E-state index contributed by atoms with van der Waals surface area (Å²) in [6, 6.07) is 0. The number of carbonyl (C=O) groups excluding carboxylic acids is 2. The van der Waals surface area contributed by atoms with Gasteiger partial charge in [0.1, 0.15) is 0 Å². The van der Waals surface area contributed by atoms with E-state index in [0.717, 1.165) is 31.4 Å². The van der Waals surface area contributed by atoms with Gasteiger partial charge in [-0.1, -0.05) is 11.6 Å². The van der Waals surface area contributed by atoms with Crippen molar-refractivity contribution in [3.8, 4) is 0 Å². The molecule has 0 bridgehead atoms. The van der Waals surface area contributed by atoms with Crippen LogP contribution in [0.5, 0.6) is 0 Å². The Morgan fingerprint density at radius 2 is 1.77 bits per heavy atom. The van der Waals surface area contributed by atoms with Gasteiger partial charge in [0.25, 0.3) is 0 Å². The topological polar surface area (TPSA) is 74.2 Å². The zero-order chi connectivity index (χ0) is 16.8. The van der Waals surface area contributed by atoms with Crippen molar-refractivity contribution in [1.29, 1.82) is 0 Å². The molecule has 9 heteroatoms. The molecule has 0 aliphatic heterocycles. The van der Waals surface area contributed by atoms with Crippen LogP contribution < -0.4 is 0 Å². The Hall–Kier alpha value is 0.454. The number of hydrogen-bond acceptors (Lipinski definition) is 6. The summed E-state index contributed by atoms with van der Waals surface area (Å²) in [5.41, 5.74) is 0.999. The van der Waals surface area contributed by atoms with E-state index >= 15 is 0 Å². The molecule has 0 radical (unpaired) electrons. The molecule has 1 fully saturated rings. The molecule has 127 valence electrons. The van der Waals surface area contributed by atoms with E-state index in [1.165, 1.54) is 6.42 Å². The zero-order valence-corrected chi connectivity index (χ0v) is 18.4. The summed E-state index contributed by atoms with van der Waals surface area (Å²) in [6.07, 6.45) is 4.24. The van der Waals surface area contributed by atoms with Crippen molar-refractivity contribution in [3.05, 3.63) is 0 Å². The number of nitrogens with zero attached hydrogens (tertiary/aromatic N) is 1. The fraction of sp³-hybridized carbons (Fsp3) is 0.769. The first kappa shape index (κ1) is 22.5. The van der Waals surface area contributed by atoms with E-state index < -0.39 is 6.16 Å². The number of ether oxygens (including phenoxy) is 2. The number of rotatable bonds is 6. The van der Waals surface area contributed by atoms with E-state index in [4.69, 9.17) is 9.57 Å². The molecular weight excluding hydrogens is 555 g/mol. The van der Waals surface area contributed by atoms with E-state index in [1.54, 1.807) is 13.8 Å². The summed E-state index contributed by atoms with van der Waals surface area (Å²) in [6.45, 7) is 2.87. The Labute approximate surface area is 160 Å². The van der Waals surface area contributed by atoms with Crippen molar-refractivity contribution in [1.82, 2.24) is 0 Å². The zero-order valence-electron chi connectivity index (χ0n) is 12.7. The summed E-state index contributed by atoms with van der Waals surface area (Å²) in [5.74, 6) is -0.346. The maximum absolute atomic E-state index is 11.3. The molecule has 0 aromatic carbocycles. The van der Waals surface area contributed by atoms with Gasteiger partial charge in [-0.15, -0.1) is 0 Å². The molecule has 0 unspecified atom stereocenters. The molecule has 0 atom stereocenters. The van der Waals surface area contributed by atoms with E-state index in [2.05, 4.69) is 49.9 Å². The van der Waals surface area contributed by atoms with Crippen LogP contribution in [0.2, 0.25) is 0 Å². The Morgan fingerprint density at radius 3 is 2.32 bits per heavy atom. The van der Waals surface area contributed by atoms with Crippen LogP contribution in [-0.4, -0.2) is 37.0 Å². The molecule has 1 rings (SSSR count). The number of oxime groups is 1. The van der Waals surface area contributed by atoms with Crippen molar-refractivity contribution in [2.24, 2.45) is 5.16 Å². The molecule has 0 saturated heterocycles. The van der Waals surface area contributed by atoms with Crippen LogP contribution in [0.3, 0.4) is 0 Å². The predicted molar refractivity (Wildman–Crippen MR) is 97.1 cm³/mol. The molecule has 1 aliphatic carbocycles. The molecule has 0 heterocycles. The van der Waals surface area contributed by atoms with Crippen molar-refractivity contribution in [2.45, 2.75) is 52.1 Å². The molecule has 0 aromatic heterocycles. The first-order chi connectivity index (χ1) is 10.5. The van der Waals surface area contributed by atoms with Gasteiger partial charge in [-0.3, -0.25) is 4.79 Å². The second-order valence-corrected chi connectivity index (χ2v) is 16.6. The third kappa shape index (κ3) is 14.1. The van der Waals surface area contributed by atoms with E-state index in [1.807, 2.05) is 0 Å². The number of hydrogen-bond donors (Lipinski definition) is 0. The number of halogens is 2. The molecule has 0 amide bonds. The van der Waals surface area contributed by atoms with Crippen LogP contribution >= 0.6 is 40.0 Å². The third-order valence-electron chi connectivity index (χ3n) is 2.53. The van der Waals surface area contributed by atoms with Crippen LogP contribution in [0, 0.1) is 0 Å². The molecule has 22 heavy (non-hydrogen) atoms. The molecule has 0 N–H and O–H groups in total. The SMILES string of the molecule is CC(C)OC(=O)OCC(=O)CON=C1CCCCC1.[I][V][I]. The molecule has 1 aliphatic rings. The minimum atomic E-state index is -0.845. The van der Waals surface area contributed by atoms with Crippen molar-refractivity contribution < 1.29 is 33.4 Å². The quantitative estimate of drug-likeness (QED) is 0.269. The van der Waals surface area contributed by atoms with Gasteiger partial charge < -0.3 is 14.3 Å². The fourth-order valence-electron chi connectivity index (χ4n) is 1.65. The van der Waals surface area contributed by atoms with Crippen molar-refractivity contribution in [3.63, 3.8) is 0 Å². The number of carbonyl (C=O) groups is 2. The molecular formula is C13H21I2NO5V. The third-order valence-corrected chi connectivity index (χ3v) is 2.53. The maximum atomic E-state index is 11.3. The van der Waals surface area contributed by atoms with Gasteiger partial charge in [0, 0.05) is 0 Å². The summed E-state index contributed by atoms with van der Waals surface area (Å²) in [7, 11) is 0.628. The second-order valence-electron chi connectivity index (χ2n) is 4.80. The minimum absolute atomic E-state index is 0.182. The van der Waals surface area contributed by atoms with Gasteiger partial charge in [-0.05, 0) is 39.5 Å². The van der Waals surface area contributed by atoms with Gasteiger partial charge in [-0.2, -0.15) is 0 Å². The summed E-state index contributed by atoms with van der Waals surface area (Å²) in [4.78, 5) is 27.3. The van der Waals surface area contributed by atoms with Crippen LogP contribution in [0.1, 0.15) is 46.0 Å². The Balaban J connectivity index is 0.00000135. The Bertz CT molecular complexity index is 358. The summed E-state index contributed by atoms with van der Waals surface area (Å²) in [5, 5.41) is 3.92. The summed E-state index contributed by atoms with van der Waals surface area (Å²) < 4.78 is 9.34. The first-order valence-electron chi connectivity index (χ1n) is 6.94.